The lowest BCUT2D eigenvalue weighted by atomic mass is 9.90. The Balaban J connectivity index is 2.55. The molecule has 0 radical (unpaired) electrons. The monoisotopic (exact) mass is 323 g/mol. The molecule has 0 saturated heterocycles. The summed E-state index contributed by atoms with van der Waals surface area (Å²) < 4.78 is 11.6. The maximum absolute atomic E-state index is 11.9. The van der Waals surface area contributed by atoms with Gasteiger partial charge in [-0.3, -0.25) is 0 Å². The first-order valence-electron chi connectivity index (χ1n) is 7.04. The van der Waals surface area contributed by atoms with Crippen LogP contribution in [0.15, 0.2) is 6.26 Å². The number of carbonyl (C=O) groups excluding carboxylic acids is 1. The maximum atomic E-state index is 11.9. The Morgan fingerprint density at radius 1 is 1.41 bits per heavy atom. The minimum Gasteiger partial charge on any atom is -0.503 e. The van der Waals surface area contributed by atoms with E-state index in [0.717, 1.165) is 27.8 Å². The quantitative estimate of drug-likeness (QED) is 0.481. The molecule has 0 aliphatic rings. The fourth-order valence-corrected chi connectivity index (χ4v) is 3.01. The van der Waals surface area contributed by atoms with Gasteiger partial charge in [0.25, 0.3) is 0 Å². The zero-order valence-corrected chi connectivity index (χ0v) is 14.6. The molecule has 22 heavy (non-hydrogen) atoms. The number of aromatic nitrogens is 3. The first-order chi connectivity index (χ1) is 10.4. The Morgan fingerprint density at radius 2 is 2.09 bits per heavy atom. The van der Waals surface area contributed by atoms with Crippen LogP contribution in [0.1, 0.15) is 43.6 Å². The molecule has 0 spiro atoms. The second kappa shape index (κ2) is 6.08. The molecule has 2 aromatic heterocycles. The normalized spacial score (nSPS) is 12.7. The van der Waals surface area contributed by atoms with Crippen molar-refractivity contribution in [1.82, 2.24) is 14.6 Å². The van der Waals surface area contributed by atoms with Crippen molar-refractivity contribution < 1.29 is 14.3 Å². The van der Waals surface area contributed by atoms with Crippen molar-refractivity contribution in [1.29, 1.82) is 0 Å². The van der Waals surface area contributed by atoms with Gasteiger partial charge in [-0.1, -0.05) is 32.1 Å². The van der Waals surface area contributed by atoms with Crippen LogP contribution in [0.3, 0.4) is 0 Å². The molecule has 6 nitrogen and oxygen atoms in total. The van der Waals surface area contributed by atoms with Gasteiger partial charge in [0.2, 0.25) is 4.96 Å². The molecule has 2 aromatic rings. The van der Waals surface area contributed by atoms with Gasteiger partial charge in [-0.05, 0) is 13.3 Å². The van der Waals surface area contributed by atoms with E-state index >= 15 is 0 Å². The van der Waals surface area contributed by atoms with Gasteiger partial charge in [-0.25, -0.2) is 14.3 Å². The van der Waals surface area contributed by atoms with Crippen molar-refractivity contribution in [2.24, 2.45) is 0 Å². The fourth-order valence-electron chi connectivity index (χ4n) is 1.96. The van der Waals surface area contributed by atoms with Crippen molar-refractivity contribution in [2.45, 2.75) is 39.5 Å². The first kappa shape index (κ1) is 16.5. The van der Waals surface area contributed by atoms with Crippen LogP contribution >= 0.6 is 11.3 Å². The number of aryl methyl sites for hydroxylation is 1. The minimum atomic E-state index is -0.441. The number of thiazole rings is 1. The number of carbonyl (C=O) groups is 1. The van der Waals surface area contributed by atoms with E-state index < -0.39 is 5.97 Å². The first-order valence-corrected chi connectivity index (χ1v) is 7.85. The number of rotatable bonds is 5. The van der Waals surface area contributed by atoms with Crippen LogP contribution in [0.2, 0.25) is 0 Å². The Kier molecular flexibility index (Phi) is 4.55. The van der Waals surface area contributed by atoms with Crippen LogP contribution in [0.25, 0.3) is 10.5 Å². The lowest BCUT2D eigenvalue weighted by molar-refractivity contribution is -0.133. The molecule has 7 heteroatoms. The lowest BCUT2D eigenvalue weighted by Crippen LogP contribution is -2.17. The highest BCUT2D eigenvalue weighted by Crippen LogP contribution is 2.32. The van der Waals surface area contributed by atoms with Gasteiger partial charge in [-0.2, -0.15) is 0 Å². The molecule has 0 aliphatic carbocycles. The average Bonchev–Trinajstić information content (AvgIpc) is 3.05. The number of esters is 1. The summed E-state index contributed by atoms with van der Waals surface area (Å²) in [7, 11) is 2.84. The van der Waals surface area contributed by atoms with Crippen molar-refractivity contribution in [3.63, 3.8) is 0 Å². The summed E-state index contributed by atoms with van der Waals surface area (Å²) in [6, 6.07) is 0. The molecule has 0 bridgehead atoms. The summed E-state index contributed by atoms with van der Waals surface area (Å²) in [6.07, 6.45) is 2.34. The molecule has 2 heterocycles. The molecule has 0 aliphatic heterocycles. The Morgan fingerprint density at radius 3 is 2.59 bits per heavy atom. The topological polar surface area (TPSA) is 65.7 Å². The summed E-state index contributed by atoms with van der Waals surface area (Å²) in [6.45, 7) is 8.26. The van der Waals surface area contributed by atoms with E-state index in [4.69, 9.17) is 9.47 Å². The third kappa shape index (κ3) is 2.72. The standard InChI is InChI=1S/C15H21N3O3S/c1-7-15(3,4)13-16-14-18(17-13)9(2)11(22-14)10(8-20-5)12(19)21-6/h8H,7H2,1-6H3/b10-8-. The van der Waals surface area contributed by atoms with E-state index in [2.05, 4.69) is 30.9 Å². The fraction of sp³-hybridized carbons (Fsp3) is 0.533. The third-order valence-corrected chi connectivity index (χ3v) is 4.96. The van der Waals surface area contributed by atoms with Crippen molar-refractivity contribution >= 4 is 27.8 Å². The second-order valence-electron chi connectivity index (χ2n) is 5.64. The molecule has 120 valence electrons. The van der Waals surface area contributed by atoms with Crippen LogP contribution in [-0.4, -0.2) is 34.8 Å². The number of methoxy groups -OCH3 is 2. The van der Waals surface area contributed by atoms with Crippen LogP contribution in [0.4, 0.5) is 0 Å². The van der Waals surface area contributed by atoms with E-state index in [-0.39, 0.29) is 5.41 Å². The maximum Gasteiger partial charge on any atom is 0.342 e. The molecule has 0 fully saturated rings. The van der Waals surface area contributed by atoms with Gasteiger partial charge >= 0.3 is 5.97 Å². The molecule has 0 unspecified atom stereocenters. The van der Waals surface area contributed by atoms with E-state index in [1.807, 2.05) is 6.92 Å². The summed E-state index contributed by atoms with van der Waals surface area (Å²) in [5.74, 6) is 0.370. The molecule has 0 N–H and O–H groups in total. The number of hydrogen-bond donors (Lipinski definition) is 0. The molecule has 0 atom stereocenters. The molecule has 0 aromatic carbocycles. The average molecular weight is 323 g/mol. The lowest BCUT2D eigenvalue weighted by Gasteiger charge is -2.17. The molecular weight excluding hydrogens is 302 g/mol. The Hall–Kier alpha value is -1.89. The van der Waals surface area contributed by atoms with Crippen LogP contribution in [0.5, 0.6) is 0 Å². The van der Waals surface area contributed by atoms with E-state index in [0.29, 0.717) is 5.57 Å². The van der Waals surface area contributed by atoms with Gasteiger partial charge in [0.05, 0.1) is 31.1 Å². The Labute approximate surface area is 133 Å². The SMILES string of the molecule is CCC(C)(C)c1nc2sc(/C(=C/OC)C(=O)OC)c(C)n2n1. The molecular formula is C15H21N3O3S. The van der Waals surface area contributed by atoms with Gasteiger partial charge in [0.15, 0.2) is 5.82 Å². The van der Waals surface area contributed by atoms with E-state index in [9.17, 15) is 4.79 Å². The highest BCUT2D eigenvalue weighted by atomic mass is 32.1. The van der Waals surface area contributed by atoms with E-state index in [1.54, 1.807) is 4.52 Å². The highest BCUT2D eigenvalue weighted by molar-refractivity contribution is 7.18. The summed E-state index contributed by atoms with van der Waals surface area (Å²) in [5.41, 5.74) is 1.14. The van der Waals surface area contributed by atoms with Crippen LogP contribution in [0, 0.1) is 6.92 Å². The zero-order valence-electron chi connectivity index (χ0n) is 13.8. The highest BCUT2D eigenvalue weighted by Gasteiger charge is 2.27. The third-order valence-electron chi connectivity index (χ3n) is 3.79. The largest absolute Gasteiger partial charge is 0.503 e. The van der Waals surface area contributed by atoms with Gasteiger partial charge in [0, 0.05) is 5.41 Å². The van der Waals surface area contributed by atoms with Crippen molar-refractivity contribution in [3.05, 3.63) is 22.7 Å². The number of fused-ring (bicyclic) bond motifs is 1. The van der Waals surface area contributed by atoms with Crippen LogP contribution < -0.4 is 0 Å². The van der Waals surface area contributed by atoms with Gasteiger partial charge < -0.3 is 9.47 Å². The summed E-state index contributed by atoms with van der Waals surface area (Å²) in [4.78, 5) is 18.0. The van der Waals surface area contributed by atoms with Crippen molar-refractivity contribution in [2.75, 3.05) is 14.2 Å². The predicted molar refractivity (Wildman–Crippen MR) is 85.9 cm³/mol. The predicted octanol–water partition coefficient (Wildman–Crippen LogP) is 2.95. The molecule has 0 amide bonds. The van der Waals surface area contributed by atoms with Gasteiger partial charge in [0.1, 0.15) is 5.57 Å². The number of ether oxygens (including phenoxy) is 2. The van der Waals surface area contributed by atoms with Crippen molar-refractivity contribution in [3.8, 4) is 0 Å². The number of hydrogen-bond acceptors (Lipinski definition) is 6. The summed E-state index contributed by atoms with van der Waals surface area (Å²) >= 11 is 1.40. The molecule has 2 rings (SSSR count). The smallest absolute Gasteiger partial charge is 0.342 e. The summed E-state index contributed by atoms with van der Waals surface area (Å²) in [5, 5.41) is 4.60. The second-order valence-corrected chi connectivity index (χ2v) is 6.62. The van der Waals surface area contributed by atoms with E-state index in [1.165, 1.54) is 31.8 Å². The molecule has 0 saturated carbocycles. The van der Waals surface area contributed by atoms with Crippen LogP contribution in [-0.2, 0) is 19.7 Å². The zero-order chi connectivity index (χ0) is 16.5. The Bertz CT molecular complexity index is 728. The van der Waals surface area contributed by atoms with Gasteiger partial charge in [-0.15, -0.1) is 5.10 Å². The number of nitrogens with zero attached hydrogens (tertiary/aromatic N) is 3. The minimum absolute atomic E-state index is 0.0775.